The molecule has 2 N–H and O–H groups in total. The molecule has 0 saturated heterocycles. The standard InChI is InChI=1S/C12H14ClFN6/c1-15-10-17-11(19-12(18-10)20(2)3)16-7-4-5-8(13)9(14)6-7/h4-6H,1-3H3,(H2,15,16,17,18,19). The number of hydrogen-bond acceptors (Lipinski definition) is 6. The molecule has 8 heteroatoms. The highest BCUT2D eigenvalue weighted by atomic mass is 35.5. The van der Waals surface area contributed by atoms with Crippen LogP contribution in [0.25, 0.3) is 0 Å². The van der Waals surface area contributed by atoms with E-state index in [1.807, 2.05) is 14.1 Å². The van der Waals surface area contributed by atoms with Gasteiger partial charge in [0.25, 0.3) is 0 Å². The summed E-state index contributed by atoms with van der Waals surface area (Å²) in [4.78, 5) is 14.3. The number of halogens is 2. The van der Waals surface area contributed by atoms with Crippen molar-refractivity contribution in [1.82, 2.24) is 15.0 Å². The summed E-state index contributed by atoms with van der Waals surface area (Å²) in [5.74, 6) is 0.712. The normalized spacial score (nSPS) is 10.2. The number of nitrogens with one attached hydrogen (secondary N) is 2. The Labute approximate surface area is 121 Å². The van der Waals surface area contributed by atoms with Crippen molar-refractivity contribution in [1.29, 1.82) is 0 Å². The van der Waals surface area contributed by atoms with Gasteiger partial charge in [0.1, 0.15) is 5.82 Å². The molecule has 0 aliphatic heterocycles. The Morgan fingerprint density at radius 1 is 1.15 bits per heavy atom. The van der Waals surface area contributed by atoms with Gasteiger partial charge in [0, 0.05) is 26.8 Å². The van der Waals surface area contributed by atoms with Gasteiger partial charge in [-0.15, -0.1) is 0 Å². The third-order valence-corrected chi connectivity index (χ3v) is 2.73. The fourth-order valence-electron chi connectivity index (χ4n) is 1.44. The number of anilines is 4. The minimum Gasteiger partial charge on any atom is -0.357 e. The van der Waals surface area contributed by atoms with Crippen LogP contribution in [0.5, 0.6) is 0 Å². The molecule has 6 nitrogen and oxygen atoms in total. The quantitative estimate of drug-likeness (QED) is 0.904. The molecule has 20 heavy (non-hydrogen) atoms. The molecule has 2 aromatic rings. The molecule has 0 saturated carbocycles. The zero-order valence-corrected chi connectivity index (χ0v) is 12.0. The third kappa shape index (κ3) is 3.24. The zero-order valence-electron chi connectivity index (χ0n) is 11.3. The SMILES string of the molecule is CNc1nc(Nc2ccc(Cl)c(F)c2)nc(N(C)C)n1. The lowest BCUT2D eigenvalue weighted by Gasteiger charge is -2.13. The summed E-state index contributed by atoms with van der Waals surface area (Å²) in [5, 5.41) is 5.83. The highest BCUT2D eigenvalue weighted by Crippen LogP contribution is 2.21. The van der Waals surface area contributed by atoms with Crippen LogP contribution in [-0.4, -0.2) is 36.1 Å². The Kier molecular flexibility index (Phi) is 4.19. The van der Waals surface area contributed by atoms with E-state index >= 15 is 0 Å². The van der Waals surface area contributed by atoms with Crippen molar-refractivity contribution in [2.75, 3.05) is 36.7 Å². The smallest absolute Gasteiger partial charge is 0.233 e. The summed E-state index contributed by atoms with van der Waals surface area (Å²) in [7, 11) is 5.35. The topological polar surface area (TPSA) is 66.0 Å². The van der Waals surface area contributed by atoms with Crippen molar-refractivity contribution >= 4 is 35.1 Å². The van der Waals surface area contributed by atoms with E-state index in [1.165, 1.54) is 12.1 Å². The van der Waals surface area contributed by atoms with Gasteiger partial charge < -0.3 is 15.5 Å². The Balaban J connectivity index is 2.32. The summed E-state index contributed by atoms with van der Waals surface area (Å²) in [6.07, 6.45) is 0. The van der Waals surface area contributed by atoms with Crippen molar-refractivity contribution in [3.8, 4) is 0 Å². The average molecular weight is 297 g/mol. The van der Waals surface area contributed by atoms with Gasteiger partial charge in [-0.2, -0.15) is 15.0 Å². The summed E-state index contributed by atoms with van der Waals surface area (Å²) < 4.78 is 13.4. The van der Waals surface area contributed by atoms with Crippen molar-refractivity contribution in [2.24, 2.45) is 0 Å². The van der Waals surface area contributed by atoms with E-state index in [9.17, 15) is 4.39 Å². The fraction of sp³-hybridized carbons (Fsp3) is 0.250. The summed E-state index contributed by atoms with van der Waals surface area (Å²) >= 11 is 5.64. The first kappa shape index (κ1) is 14.3. The second-order valence-corrected chi connectivity index (χ2v) is 4.59. The van der Waals surface area contributed by atoms with Crippen LogP contribution in [0.15, 0.2) is 18.2 Å². The second kappa shape index (κ2) is 5.87. The van der Waals surface area contributed by atoms with E-state index < -0.39 is 5.82 Å². The fourth-order valence-corrected chi connectivity index (χ4v) is 1.55. The third-order valence-electron chi connectivity index (χ3n) is 2.42. The Bertz CT molecular complexity index is 619. The molecule has 0 unspecified atom stereocenters. The van der Waals surface area contributed by atoms with Gasteiger partial charge in [0.2, 0.25) is 17.8 Å². The monoisotopic (exact) mass is 296 g/mol. The average Bonchev–Trinajstić information content (AvgIpc) is 2.42. The Morgan fingerprint density at radius 3 is 2.45 bits per heavy atom. The van der Waals surface area contributed by atoms with Gasteiger partial charge in [-0.1, -0.05) is 11.6 Å². The van der Waals surface area contributed by atoms with Gasteiger partial charge in [0.05, 0.1) is 5.02 Å². The van der Waals surface area contributed by atoms with Crippen LogP contribution in [0.3, 0.4) is 0 Å². The van der Waals surface area contributed by atoms with Crippen molar-refractivity contribution in [2.45, 2.75) is 0 Å². The zero-order chi connectivity index (χ0) is 14.7. The molecule has 2 rings (SSSR count). The largest absolute Gasteiger partial charge is 0.357 e. The summed E-state index contributed by atoms with van der Waals surface area (Å²) in [6.45, 7) is 0. The van der Waals surface area contributed by atoms with Crippen LogP contribution >= 0.6 is 11.6 Å². The first-order chi connectivity index (χ1) is 9.49. The van der Waals surface area contributed by atoms with Gasteiger partial charge >= 0.3 is 0 Å². The van der Waals surface area contributed by atoms with E-state index in [-0.39, 0.29) is 5.02 Å². The molecular formula is C12H14ClFN6. The molecule has 1 aromatic heterocycles. The lowest BCUT2D eigenvalue weighted by molar-refractivity contribution is 0.629. The molecule has 0 aliphatic carbocycles. The van der Waals surface area contributed by atoms with Crippen LogP contribution in [-0.2, 0) is 0 Å². The maximum absolute atomic E-state index is 13.4. The minimum absolute atomic E-state index is 0.0658. The molecule has 1 heterocycles. The molecule has 0 amide bonds. The highest BCUT2D eigenvalue weighted by Gasteiger charge is 2.08. The van der Waals surface area contributed by atoms with Gasteiger partial charge in [0.15, 0.2) is 0 Å². The molecule has 0 spiro atoms. The van der Waals surface area contributed by atoms with Gasteiger partial charge in [-0.05, 0) is 18.2 Å². The first-order valence-corrected chi connectivity index (χ1v) is 6.20. The van der Waals surface area contributed by atoms with E-state index in [2.05, 4.69) is 25.6 Å². The van der Waals surface area contributed by atoms with E-state index in [4.69, 9.17) is 11.6 Å². The van der Waals surface area contributed by atoms with Gasteiger partial charge in [-0.3, -0.25) is 0 Å². The Hall–Kier alpha value is -2.15. The molecule has 0 bridgehead atoms. The van der Waals surface area contributed by atoms with Crippen molar-refractivity contribution in [3.05, 3.63) is 29.0 Å². The van der Waals surface area contributed by atoms with E-state index in [0.717, 1.165) is 0 Å². The van der Waals surface area contributed by atoms with Crippen LogP contribution in [0.1, 0.15) is 0 Å². The van der Waals surface area contributed by atoms with Crippen molar-refractivity contribution < 1.29 is 4.39 Å². The highest BCUT2D eigenvalue weighted by molar-refractivity contribution is 6.30. The molecule has 106 valence electrons. The predicted molar refractivity (Wildman–Crippen MR) is 78.4 cm³/mol. The Morgan fingerprint density at radius 2 is 1.85 bits per heavy atom. The number of benzene rings is 1. The maximum Gasteiger partial charge on any atom is 0.233 e. The number of nitrogens with zero attached hydrogens (tertiary/aromatic N) is 4. The number of rotatable bonds is 4. The molecule has 0 aliphatic rings. The number of hydrogen-bond donors (Lipinski definition) is 2. The second-order valence-electron chi connectivity index (χ2n) is 4.18. The van der Waals surface area contributed by atoms with Crippen LogP contribution < -0.4 is 15.5 Å². The predicted octanol–water partition coefficient (Wildman–Crippen LogP) is 2.52. The lowest BCUT2D eigenvalue weighted by atomic mass is 10.3. The van der Waals surface area contributed by atoms with Crippen molar-refractivity contribution in [3.63, 3.8) is 0 Å². The minimum atomic E-state index is -0.507. The first-order valence-electron chi connectivity index (χ1n) is 5.83. The number of aromatic nitrogens is 3. The molecular weight excluding hydrogens is 283 g/mol. The molecule has 0 radical (unpaired) electrons. The molecule has 0 fully saturated rings. The van der Waals surface area contributed by atoms with E-state index in [0.29, 0.717) is 23.5 Å². The van der Waals surface area contributed by atoms with Gasteiger partial charge in [-0.25, -0.2) is 4.39 Å². The van der Waals surface area contributed by atoms with Crippen LogP contribution in [0.4, 0.5) is 27.9 Å². The van der Waals surface area contributed by atoms with E-state index in [1.54, 1.807) is 18.0 Å². The maximum atomic E-state index is 13.4. The summed E-state index contributed by atoms with van der Waals surface area (Å²) in [5.41, 5.74) is 0.504. The lowest BCUT2D eigenvalue weighted by Crippen LogP contribution is -2.15. The molecule has 0 atom stereocenters. The van der Waals surface area contributed by atoms with Crippen LogP contribution in [0.2, 0.25) is 5.02 Å². The van der Waals surface area contributed by atoms with Crippen LogP contribution in [0, 0.1) is 5.82 Å². The summed E-state index contributed by atoms with van der Waals surface area (Å²) in [6, 6.07) is 4.39. The molecule has 1 aromatic carbocycles.